The molecule has 0 radical (unpaired) electrons. The van der Waals surface area contributed by atoms with Gasteiger partial charge in [-0.3, -0.25) is 4.79 Å². The lowest BCUT2D eigenvalue weighted by atomic mass is 10.1. The number of methoxy groups -OCH3 is 2. The average molecular weight is 517 g/mol. The first-order valence-corrected chi connectivity index (χ1v) is 12.5. The Kier molecular flexibility index (Phi) is 8.89. The Labute approximate surface area is 210 Å². The highest BCUT2D eigenvalue weighted by molar-refractivity contribution is 7.87. The van der Waals surface area contributed by atoms with Gasteiger partial charge in [-0.25, -0.2) is 4.39 Å². The molecule has 36 heavy (non-hydrogen) atoms. The Morgan fingerprint density at radius 3 is 2.22 bits per heavy atom. The van der Waals surface area contributed by atoms with Gasteiger partial charge in [0.15, 0.2) is 11.5 Å². The van der Waals surface area contributed by atoms with Gasteiger partial charge in [0.1, 0.15) is 16.5 Å². The Morgan fingerprint density at radius 1 is 0.889 bits per heavy atom. The monoisotopic (exact) mass is 516 g/mol. The number of likely N-dealkylation sites (N-methyl/N-ethyl adjacent to an activating group) is 1. The van der Waals surface area contributed by atoms with Crippen LogP contribution in [0.1, 0.15) is 15.9 Å². The molecular weight excluding hydrogens is 487 g/mol. The van der Waals surface area contributed by atoms with Crippen molar-refractivity contribution in [2.24, 2.45) is 0 Å². The van der Waals surface area contributed by atoms with Crippen LogP contribution in [-0.2, 0) is 16.7 Å². The number of hydrogen-bond acceptors (Lipinski definition) is 7. The summed E-state index contributed by atoms with van der Waals surface area (Å²) >= 11 is 0. The van der Waals surface area contributed by atoms with Crippen molar-refractivity contribution in [3.05, 3.63) is 83.7 Å². The third kappa shape index (κ3) is 6.96. The van der Waals surface area contributed by atoms with Crippen LogP contribution in [0, 0.1) is 5.82 Å². The zero-order chi connectivity index (χ0) is 26.3. The predicted molar refractivity (Wildman–Crippen MR) is 133 cm³/mol. The maximum absolute atomic E-state index is 13.7. The fraction of sp³-hybridized carbons (Fsp3) is 0.269. The van der Waals surface area contributed by atoms with Crippen molar-refractivity contribution in [2.45, 2.75) is 11.4 Å². The normalized spacial score (nSPS) is 11.3. The van der Waals surface area contributed by atoms with Gasteiger partial charge in [0.2, 0.25) is 0 Å². The van der Waals surface area contributed by atoms with Crippen LogP contribution in [-0.4, -0.2) is 65.5 Å². The van der Waals surface area contributed by atoms with Crippen LogP contribution in [0.4, 0.5) is 4.39 Å². The Balaban J connectivity index is 1.89. The zero-order valence-electron chi connectivity index (χ0n) is 20.6. The van der Waals surface area contributed by atoms with Gasteiger partial charge in [0.25, 0.3) is 5.91 Å². The third-order valence-corrected chi connectivity index (χ3v) is 6.57. The van der Waals surface area contributed by atoms with Gasteiger partial charge in [-0.15, -0.1) is 0 Å². The van der Waals surface area contributed by atoms with Crippen LogP contribution in [0.5, 0.6) is 17.2 Å². The van der Waals surface area contributed by atoms with Gasteiger partial charge < -0.3 is 23.5 Å². The number of nitrogens with zero attached hydrogens (tertiary/aromatic N) is 2. The molecule has 3 aromatic carbocycles. The number of hydrogen-bond donors (Lipinski definition) is 0. The zero-order valence-corrected chi connectivity index (χ0v) is 21.4. The third-order valence-electron chi connectivity index (χ3n) is 5.32. The summed E-state index contributed by atoms with van der Waals surface area (Å²) in [6.07, 6.45) is 0. The summed E-state index contributed by atoms with van der Waals surface area (Å²) in [5.41, 5.74) is 0.833. The summed E-state index contributed by atoms with van der Waals surface area (Å²) in [5, 5.41) is 0. The first-order valence-electron chi connectivity index (χ1n) is 11.1. The quantitative estimate of drug-likeness (QED) is 0.358. The SMILES string of the molecule is COc1ccc(S(=O)(=O)Oc2cc(CN(CCN(C)C)C(=O)c3cccc(F)c3)ccc2OC)cc1. The van der Waals surface area contributed by atoms with Gasteiger partial charge in [0, 0.05) is 25.2 Å². The summed E-state index contributed by atoms with van der Waals surface area (Å²) in [7, 11) is 2.49. The first-order chi connectivity index (χ1) is 17.1. The Bertz CT molecular complexity index is 1300. The van der Waals surface area contributed by atoms with E-state index in [0.717, 1.165) is 0 Å². The molecule has 0 N–H and O–H groups in total. The average Bonchev–Trinajstić information content (AvgIpc) is 2.86. The number of carbonyl (C=O) groups is 1. The lowest BCUT2D eigenvalue weighted by Gasteiger charge is -2.25. The molecule has 1 amide bonds. The molecule has 0 aliphatic heterocycles. The van der Waals surface area contributed by atoms with Crippen molar-refractivity contribution in [3.8, 4) is 17.2 Å². The van der Waals surface area contributed by atoms with E-state index in [9.17, 15) is 17.6 Å². The van der Waals surface area contributed by atoms with Crippen LogP contribution in [0.25, 0.3) is 0 Å². The van der Waals surface area contributed by atoms with Crippen molar-refractivity contribution in [1.29, 1.82) is 0 Å². The molecule has 3 aromatic rings. The van der Waals surface area contributed by atoms with Gasteiger partial charge in [-0.2, -0.15) is 8.42 Å². The van der Waals surface area contributed by atoms with Crippen LogP contribution in [0.3, 0.4) is 0 Å². The molecule has 3 rings (SSSR count). The number of halogens is 1. The van der Waals surface area contributed by atoms with E-state index < -0.39 is 15.9 Å². The second-order valence-corrected chi connectivity index (χ2v) is 9.78. The first kappa shape index (κ1) is 27.0. The molecule has 8 nitrogen and oxygen atoms in total. The van der Waals surface area contributed by atoms with E-state index in [1.165, 1.54) is 62.8 Å². The minimum atomic E-state index is -4.17. The molecule has 0 aliphatic rings. The maximum Gasteiger partial charge on any atom is 0.339 e. The second kappa shape index (κ2) is 11.9. The number of carbonyl (C=O) groups excluding carboxylic acids is 1. The fourth-order valence-electron chi connectivity index (χ4n) is 3.39. The lowest BCUT2D eigenvalue weighted by Crippen LogP contribution is -2.36. The predicted octanol–water partition coefficient (Wildman–Crippen LogP) is 3.81. The number of benzene rings is 3. The molecule has 0 saturated carbocycles. The second-order valence-electron chi connectivity index (χ2n) is 8.24. The van der Waals surface area contributed by atoms with E-state index in [1.54, 1.807) is 23.1 Å². The van der Waals surface area contributed by atoms with Crippen molar-refractivity contribution in [1.82, 2.24) is 9.80 Å². The van der Waals surface area contributed by atoms with E-state index in [2.05, 4.69) is 0 Å². The van der Waals surface area contributed by atoms with E-state index in [4.69, 9.17) is 13.7 Å². The topological polar surface area (TPSA) is 85.4 Å². The van der Waals surface area contributed by atoms with Crippen LogP contribution < -0.4 is 13.7 Å². The maximum atomic E-state index is 13.7. The number of ether oxygens (including phenoxy) is 2. The molecule has 0 fully saturated rings. The highest BCUT2D eigenvalue weighted by atomic mass is 32.2. The van der Waals surface area contributed by atoms with Gasteiger partial charge in [-0.05, 0) is 74.3 Å². The van der Waals surface area contributed by atoms with E-state index in [-0.39, 0.29) is 34.4 Å². The Hall–Kier alpha value is -3.63. The van der Waals surface area contributed by atoms with E-state index in [1.807, 2.05) is 19.0 Å². The molecule has 10 heteroatoms. The molecule has 0 atom stereocenters. The fourth-order valence-corrected chi connectivity index (χ4v) is 4.32. The van der Waals surface area contributed by atoms with Gasteiger partial charge in [-0.1, -0.05) is 12.1 Å². The van der Waals surface area contributed by atoms with E-state index >= 15 is 0 Å². The van der Waals surface area contributed by atoms with Crippen molar-refractivity contribution in [2.75, 3.05) is 41.4 Å². The van der Waals surface area contributed by atoms with Crippen LogP contribution in [0.15, 0.2) is 71.6 Å². The minimum Gasteiger partial charge on any atom is -0.497 e. The molecule has 0 saturated heterocycles. The van der Waals surface area contributed by atoms with Crippen molar-refractivity contribution < 1.29 is 31.3 Å². The molecule has 192 valence electrons. The van der Waals surface area contributed by atoms with Gasteiger partial charge >= 0.3 is 10.1 Å². The molecule has 0 aliphatic carbocycles. The molecule has 0 bridgehead atoms. The number of amides is 1. The molecule has 0 heterocycles. The van der Waals surface area contributed by atoms with Gasteiger partial charge in [0.05, 0.1) is 14.2 Å². The van der Waals surface area contributed by atoms with Crippen LogP contribution in [0.2, 0.25) is 0 Å². The molecule has 0 unspecified atom stereocenters. The summed E-state index contributed by atoms with van der Waals surface area (Å²) in [6, 6.07) is 16.1. The van der Waals surface area contributed by atoms with Crippen molar-refractivity contribution in [3.63, 3.8) is 0 Å². The lowest BCUT2D eigenvalue weighted by molar-refractivity contribution is 0.0731. The largest absolute Gasteiger partial charge is 0.497 e. The summed E-state index contributed by atoms with van der Waals surface area (Å²) in [4.78, 5) is 16.6. The van der Waals surface area contributed by atoms with Crippen LogP contribution >= 0.6 is 0 Å². The van der Waals surface area contributed by atoms with E-state index in [0.29, 0.717) is 24.4 Å². The highest BCUT2D eigenvalue weighted by Gasteiger charge is 2.22. The smallest absolute Gasteiger partial charge is 0.339 e. The molecule has 0 spiro atoms. The molecule has 0 aromatic heterocycles. The highest BCUT2D eigenvalue weighted by Crippen LogP contribution is 2.32. The molecular formula is C26H29FN2O6S. The Morgan fingerprint density at radius 2 is 1.61 bits per heavy atom. The number of rotatable bonds is 11. The summed E-state index contributed by atoms with van der Waals surface area (Å²) in [5.74, 6) is -0.143. The summed E-state index contributed by atoms with van der Waals surface area (Å²) in [6.45, 7) is 1.09. The van der Waals surface area contributed by atoms with Crippen molar-refractivity contribution >= 4 is 16.0 Å². The summed E-state index contributed by atoms with van der Waals surface area (Å²) < 4.78 is 55.3. The minimum absolute atomic E-state index is 0.0171. The standard InChI is InChI=1S/C26H29FN2O6S/c1-28(2)14-15-29(26(30)20-6-5-7-21(27)17-20)18-19-8-13-24(34-4)25(16-19)35-36(31,32)23-11-9-22(33-3)10-12-23/h5-13,16-17H,14-15,18H2,1-4H3.